The lowest BCUT2D eigenvalue weighted by Crippen LogP contribution is -2.31. The number of nitrogens with zero attached hydrogens (tertiary/aromatic N) is 5. The number of carbonyl (C=O) groups is 1. The first-order valence-electron chi connectivity index (χ1n) is 12.0. The second-order valence-corrected chi connectivity index (χ2v) is 8.81. The zero-order valence-corrected chi connectivity index (χ0v) is 19.0. The third-order valence-corrected chi connectivity index (χ3v) is 6.47. The first-order valence-corrected chi connectivity index (χ1v) is 12.0. The molecule has 3 heterocycles. The highest BCUT2D eigenvalue weighted by Gasteiger charge is 2.25. The van der Waals surface area contributed by atoms with Gasteiger partial charge in [-0.1, -0.05) is 13.8 Å². The molecule has 7 heteroatoms. The van der Waals surface area contributed by atoms with Crippen LogP contribution in [0.15, 0.2) is 24.7 Å². The van der Waals surface area contributed by atoms with Gasteiger partial charge in [-0.3, -0.25) is 4.79 Å². The summed E-state index contributed by atoms with van der Waals surface area (Å²) in [5.41, 5.74) is 2.73. The van der Waals surface area contributed by atoms with Crippen molar-refractivity contribution in [1.29, 1.82) is 0 Å². The standard InChI is InChI=1S/C24H36N6O/c1-3-28(4-2)11-7-10-25-23(31)22-14-20(18-30(22)17-19-8-9-19)21-15-26-24(27-16-21)29-12-5-6-13-29/h14-16,18-19H,3-13,17H2,1-2H3,(H,25,31). The lowest BCUT2D eigenvalue weighted by Gasteiger charge is -2.17. The van der Waals surface area contributed by atoms with Crippen LogP contribution in [-0.4, -0.2) is 64.6 Å². The van der Waals surface area contributed by atoms with E-state index in [4.69, 9.17) is 0 Å². The Morgan fingerprint density at radius 2 is 1.84 bits per heavy atom. The Hall–Kier alpha value is -2.41. The molecule has 1 amide bonds. The summed E-state index contributed by atoms with van der Waals surface area (Å²) in [5.74, 6) is 1.52. The summed E-state index contributed by atoms with van der Waals surface area (Å²) in [6.45, 7) is 11.2. The van der Waals surface area contributed by atoms with Crippen molar-refractivity contribution in [3.05, 3.63) is 30.4 Å². The second-order valence-electron chi connectivity index (χ2n) is 8.81. The minimum Gasteiger partial charge on any atom is -0.351 e. The van der Waals surface area contributed by atoms with Crippen LogP contribution in [0.5, 0.6) is 0 Å². The van der Waals surface area contributed by atoms with Crippen LogP contribution >= 0.6 is 0 Å². The monoisotopic (exact) mass is 424 g/mol. The third kappa shape index (κ3) is 5.64. The van der Waals surface area contributed by atoms with E-state index in [1.54, 1.807) is 0 Å². The average molecular weight is 425 g/mol. The number of hydrogen-bond acceptors (Lipinski definition) is 5. The molecule has 2 fully saturated rings. The van der Waals surface area contributed by atoms with E-state index in [1.807, 2.05) is 18.5 Å². The number of anilines is 1. The van der Waals surface area contributed by atoms with Crippen LogP contribution in [0.3, 0.4) is 0 Å². The van der Waals surface area contributed by atoms with Crippen molar-refractivity contribution in [2.24, 2.45) is 5.92 Å². The quantitative estimate of drug-likeness (QED) is 0.560. The molecule has 1 aliphatic heterocycles. The minimum absolute atomic E-state index is 0.0149. The molecule has 0 unspecified atom stereocenters. The first kappa shape index (κ1) is 21.8. The maximum absolute atomic E-state index is 12.9. The van der Waals surface area contributed by atoms with Crippen molar-refractivity contribution >= 4 is 11.9 Å². The van der Waals surface area contributed by atoms with E-state index in [2.05, 4.69) is 49.7 Å². The van der Waals surface area contributed by atoms with Crippen LogP contribution in [0.25, 0.3) is 11.1 Å². The van der Waals surface area contributed by atoms with Gasteiger partial charge < -0.3 is 19.7 Å². The zero-order chi connectivity index (χ0) is 21.6. The van der Waals surface area contributed by atoms with Crippen LogP contribution in [0.1, 0.15) is 56.4 Å². The molecule has 1 N–H and O–H groups in total. The molecule has 1 saturated heterocycles. The molecule has 7 nitrogen and oxygen atoms in total. The normalized spacial score (nSPS) is 16.3. The Labute approximate surface area is 185 Å². The van der Waals surface area contributed by atoms with Gasteiger partial charge in [0.2, 0.25) is 5.95 Å². The van der Waals surface area contributed by atoms with E-state index in [0.29, 0.717) is 12.5 Å². The Morgan fingerprint density at radius 3 is 2.48 bits per heavy atom. The van der Waals surface area contributed by atoms with Gasteiger partial charge in [0.1, 0.15) is 5.69 Å². The number of rotatable bonds is 11. The maximum Gasteiger partial charge on any atom is 0.267 e. The Bertz CT molecular complexity index is 847. The van der Waals surface area contributed by atoms with Crippen molar-refractivity contribution < 1.29 is 4.79 Å². The van der Waals surface area contributed by atoms with Gasteiger partial charge in [0.25, 0.3) is 5.91 Å². The summed E-state index contributed by atoms with van der Waals surface area (Å²) >= 11 is 0. The van der Waals surface area contributed by atoms with Crippen LogP contribution in [0.4, 0.5) is 5.95 Å². The molecular weight excluding hydrogens is 388 g/mol. The van der Waals surface area contributed by atoms with Crippen molar-refractivity contribution in [3.63, 3.8) is 0 Å². The van der Waals surface area contributed by atoms with Gasteiger partial charge in [0.15, 0.2) is 0 Å². The lowest BCUT2D eigenvalue weighted by molar-refractivity contribution is 0.0942. The van der Waals surface area contributed by atoms with Crippen LogP contribution < -0.4 is 10.2 Å². The van der Waals surface area contributed by atoms with Crippen molar-refractivity contribution in [2.75, 3.05) is 44.2 Å². The molecule has 0 spiro atoms. The maximum atomic E-state index is 12.9. The van der Waals surface area contributed by atoms with E-state index in [9.17, 15) is 4.79 Å². The summed E-state index contributed by atoms with van der Waals surface area (Å²) in [6.07, 6.45) is 11.8. The molecule has 0 radical (unpaired) electrons. The number of hydrogen-bond donors (Lipinski definition) is 1. The lowest BCUT2D eigenvalue weighted by atomic mass is 10.2. The number of amides is 1. The summed E-state index contributed by atoms with van der Waals surface area (Å²) in [6, 6.07) is 2.00. The zero-order valence-electron chi connectivity index (χ0n) is 19.0. The summed E-state index contributed by atoms with van der Waals surface area (Å²) in [5, 5.41) is 3.12. The van der Waals surface area contributed by atoms with Crippen molar-refractivity contribution in [3.8, 4) is 11.1 Å². The predicted molar refractivity (Wildman–Crippen MR) is 124 cm³/mol. The van der Waals surface area contributed by atoms with Gasteiger partial charge in [-0.15, -0.1) is 0 Å². The molecule has 4 rings (SSSR count). The molecule has 0 aromatic carbocycles. The van der Waals surface area contributed by atoms with Crippen molar-refractivity contribution in [1.82, 2.24) is 24.8 Å². The Morgan fingerprint density at radius 1 is 1.13 bits per heavy atom. The summed E-state index contributed by atoms with van der Waals surface area (Å²) < 4.78 is 2.13. The molecule has 2 aromatic heterocycles. The van der Waals surface area contributed by atoms with Gasteiger partial charge in [-0.2, -0.15) is 0 Å². The average Bonchev–Trinajstić information content (AvgIpc) is 3.27. The van der Waals surface area contributed by atoms with Crippen LogP contribution in [-0.2, 0) is 6.54 Å². The largest absolute Gasteiger partial charge is 0.351 e. The third-order valence-electron chi connectivity index (χ3n) is 6.47. The number of carbonyl (C=O) groups excluding carboxylic acids is 1. The van der Waals surface area contributed by atoms with Crippen LogP contribution in [0, 0.1) is 5.92 Å². The molecule has 0 atom stereocenters. The predicted octanol–water partition coefficient (Wildman–Crippen LogP) is 3.42. The van der Waals surface area contributed by atoms with Gasteiger partial charge >= 0.3 is 0 Å². The molecule has 2 aromatic rings. The molecule has 31 heavy (non-hydrogen) atoms. The van der Waals surface area contributed by atoms with Crippen molar-refractivity contribution in [2.45, 2.75) is 52.5 Å². The highest BCUT2D eigenvalue weighted by Crippen LogP contribution is 2.32. The fourth-order valence-corrected chi connectivity index (χ4v) is 4.27. The van der Waals surface area contributed by atoms with E-state index in [0.717, 1.165) is 68.5 Å². The molecule has 168 valence electrons. The van der Waals surface area contributed by atoms with Gasteiger partial charge in [0, 0.05) is 55.9 Å². The van der Waals surface area contributed by atoms with Gasteiger partial charge in [0.05, 0.1) is 0 Å². The smallest absolute Gasteiger partial charge is 0.267 e. The Balaban J connectivity index is 1.43. The first-order chi connectivity index (χ1) is 15.2. The van der Waals surface area contributed by atoms with Crippen LogP contribution in [0.2, 0.25) is 0 Å². The summed E-state index contributed by atoms with van der Waals surface area (Å²) in [7, 11) is 0. The van der Waals surface area contributed by atoms with Gasteiger partial charge in [-0.05, 0) is 63.7 Å². The molecule has 1 saturated carbocycles. The van der Waals surface area contributed by atoms with E-state index in [1.165, 1.54) is 25.7 Å². The summed E-state index contributed by atoms with van der Waals surface area (Å²) in [4.78, 5) is 26.7. The van der Waals surface area contributed by atoms with Gasteiger partial charge in [-0.25, -0.2) is 9.97 Å². The van der Waals surface area contributed by atoms with E-state index in [-0.39, 0.29) is 5.91 Å². The molecule has 1 aliphatic carbocycles. The fraction of sp³-hybridized carbons (Fsp3) is 0.625. The minimum atomic E-state index is 0.0149. The fourth-order valence-electron chi connectivity index (χ4n) is 4.27. The molecular formula is C24H36N6O. The number of aromatic nitrogens is 3. The topological polar surface area (TPSA) is 66.3 Å². The SMILES string of the molecule is CCN(CC)CCCNC(=O)c1cc(-c2cnc(N3CCCC3)nc2)cn1CC1CC1. The Kier molecular flexibility index (Phi) is 7.22. The highest BCUT2D eigenvalue weighted by molar-refractivity contribution is 5.94. The van der Waals surface area contributed by atoms with E-state index >= 15 is 0 Å². The molecule has 0 bridgehead atoms. The highest BCUT2D eigenvalue weighted by atomic mass is 16.1. The van der Waals surface area contributed by atoms with E-state index < -0.39 is 0 Å². The number of nitrogens with one attached hydrogen (secondary N) is 1. The molecule has 2 aliphatic rings. The second kappa shape index (κ2) is 10.3.